The fourth-order valence-electron chi connectivity index (χ4n) is 4.14. The highest BCUT2D eigenvalue weighted by molar-refractivity contribution is 6.31. The fourth-order valence-corrected chi connectivity index (χ4v) is 4.31. The van der Waals surface area contributed by atoms with Gasteiger partial charge < -0.3 is 19.7 Å². The van der Waals surface area contributed by atoms with Crippen LogP contribution in [0.25, 0.3) is 0 Å². The summed E-state index contributed by atoms with van der Waals surface area (Å²) in [5, 5.41) is 3.43. The van der Waals surface area contributed by atoms with Crippen LogP contribution in [0.5, 0.6) is 5.75 Å². The molecule has 7 nitrogen and oxygen atoms in total. The Morgan fingerprint density at radius 3 is 2.80 bits per heavy atom. The minimum atomic E-state index is -0.350. The predicted molar refractivity (Wildman–Crippen MR) is 111 cm³/mol. The van der Waals surface area contributed by atoms with Gasteiger partial charge in [0.25, 0.3) is 5.91 Å². The summed E-state index contributed by atoms with van der Waals surface area (Å²) in [5.74, 6) is 0.539. The highest BCUT2D eigenvalue weighted by Gasteiger charge is 2.51. The van der Waals surface area contributed by atoms with Crippen LogP contribution in [0.2, 0.25) is 5.02 Å². The first-order valence-corrected chi connectivity index (χ1v) is 10.3. The second kappa shape index (κ2) is 8.62. The van der Waals surface area contributed by atoms with Crippen LogP contribution in [-0.4, -0.2) is 54.1 Å². The lowest BCUT2D eigenvalue weighted by Crippen LogP contribution is -2.63. The number of hydrogen-bond acceptors (Lipinski definition) is 5. The van der Waals surface area contributed by atoms with E-state index in [4.69, 9.17) is 21.1 Å². The van der Waals surface area contributed by atoms with E-state index in [0.717, 1.165) is 12.0 Å². The van der Waals surface area contributed by atoms with Crippen molar-refractivity contribution in [2.45, 2.75) is 25.0 Å². The van der Waals surface area contributed by atoms with Crippen LogP contribution in [0.4, 0.5) is 0 Å². The number of nitrogens with one attached hydrogen (secondary N) is 1. The van der Waals surface area contributed by atoms with Crippen molar-refractivity contribution in [3.05, 3.63) is 58.9 Å². The van der Waals surface area contributed by atoms with E-state index in [9.17, 15) is 9.59 Å². The summed E-state index contributed by atoms with van der Waals surface area (Å²) in [5.41, 5.74) is 1.12. The average Bonchev–Trinajstić information content (AvgIpc) is 3.15. The zero-order valence-electron chi connectivity index (χ0n) is 16.8. The zero-order valence-corrected chi connectivity index (χ0v) is 17.5. The van der Waals surface area contributed by atoms with Crippen molar-refractivity contribution in [3.63, 3.8) is 0 Å². The summed E-state index contributed by atoms with van der Waals surface area (Å²) in [7, 11) is 1.53. The molecule has 2 aliphatic rings. The van der Waals surface area contributed by atoms with E-state index < -0.39 is 0 Å². The Labute approximate surface area is 180 Å². The van der Waals surface area contributed by atoms with Crippen molar-refractivity contribution in [1.29, 1.82) is 0 Å². The van der Waals surface area contributed by atoms with Gasteiger partial charge in [0.1, 0.15) is 11.4 Å². The molecule has 8 heteroatoms. The van der Waals surface area contributed by atoms with Gasteiger partial charge in [0.15, 0.2) is 0 Å². The highest BCUT2D eigenvalue weighted by Crippen LogP contribution is 2.40. The summed E-state index contributed by atoms with van der Waals surface area (Å²) >= 11 is 6.04. The minimum Gasteiger partial charge on any atom is -0.496 e. The van der Waals surface area contributed by atoms with E-state index >= 15 is 0 Å². The molecule has 4 rings (SSSR count). The summed E-state index contributed by atoms with van der Waals surface area (Å²) in [4.78, 5) is 30.8. The molecular formula is C22H24ClN3O4. The smallest absolute Gasteiger partial charge is 0.257 e. The molecule has 0 aliphatic carbocycles. The normalized spacial score (nSPS) is 19.4. The van der Waals surface area contributed by atoms with E-state index in [2.05, 4.69) is 10.3 Å². The topological polar surface area (TPSA) is 80.8 Å². The number of ether oxygens (including phenoxy) is 2. The van der Waals surface area contributed by atoms with Crippen LogP contribution < -0.4 is 10.1 Å². The van der Waals surface area contributed by atoms with Gasteiger partial charge in [-0.05, 0) is 48.2 Å². The van der Waals surface area contributed by atoms with Crippen molar-refractivity contribution < 1.29 is 19.1 Å². The molecule has 158 valence electrons. The standard InChI is InChI=1S/C22H24ClN3O4/c1-29-19-3-2-17(23)9-18(19)21(28)26-13-22(14-26)10-16(12-30-22)8-20(27)25-11-15-4-6-24-7-5-15/h2-7,9,16H,8,10-14H2,1H3,(H,25,27). The van der Waals surface area contributed by atoms with Crippen molar-refractivity contribution >= 4 is 23.4 Å². The maximum absolute atomic E-state index is 12.8. The molecule has 1 unspecified atom stereocenters. The van der Waals surface area contributed by atoms with Gasteiger partial charge in [-0.3, -0.25) is 14.6 Å². The number of carbonyl (C=O) groups is 2. The van der Waals surface area contributed by atoms with Gasteiger partial charge in [0, 0.05) is 30.4 Å². The molecule has 0 bridgehead atoms. The summed E-state index contributed by atoms with van der Waals surface area (Å²) in [6.45, 7) is 2.04. The third-order valence-electron chi connectivity index (χ3n) is 5.64. The van der Waals surface area contributed by atoms with Crippen molar-refractivity contribution in [2.75, 3.05) is 26.8 Å². The Kier molecular flexibility index (Phi) is 5.92. The highest BCUT2D eigenvalue weighted by atomic mass is 35.5. The van der Waals surface area contributed by atoms with Gasteiger partial charge >= 0.3 is 0 Å². The Morgan fingerprint density at radius 2 is 2.07 bits per heavy atom. The van der Waals surface area contributed by atoms with Crippen LogP contribution in [-0.2, 0) is 16.1 Å². The number of nitrogens with zero attached hydrogens (tertiary/aromatic N) is 2. The predicted octanol–water partition coefficient (Wildman–Crippen LogP) is 2.68. The number of rotatable bonds is 6. The van der Waals surface area contributed by atoms with E-state index in [1.165, 1.54) is 7.11 Å². The Hall–Kier alpha value is -2.64. The first-order chi connectivity index (χ1) is 14.5. The summed E-state index contributed by atoms with van der Waals surface area (Å²) < 4.78 is 11.3. The maximum atomic E-state index is 12.8. The van der Waals surface area contributed by atoms with Gasteiger partial charge in [-0.1, -0.05) is 11.6 Å². The lowest BCUT2D eigenvalue weighted by atomic mass is 9.85. The third kappa shape index (κ3) is 4.42. The number of methoxy groups -OCH3 is 1. The molecular weight excluding hydrogens is 406 g/mol. The van der Waals surface area contributed by atoms with Crippen LogP contribution in [0.3, 0.4) is 0 Å². The monoisotopic (exact) mass is 429 g/mol. The first-order valence-electron chi connectivity index (χ1n) is 9.90. The Morgan fingerprint density at radius 1 is 1.30 bits per heavy atom. The third-order valence-corrected chi connectivity index (χ3v) is 5.87. The molecule has 0 radical (unpaired) electrons. The van der Waals surface area contributed by atoms with E-state index in [-0.39, 0.29) is 23.3 Å². The van der Waals surface area contributed by atoms with Crippen molar-refractivity contribution in [1.82, 2.24) is 15.2 Å². The number of amides is 2. The van der Waals surface area contributed by atoms with E-state index in [1.54, 1.807) is 35.5 Å². The second-order valence-electron chi connectivity index (χ2n) is 7.91. The molecule has 1 N–H and O–H groups in total. The fraction of sp³-hybridized carbons (Fsp3) is 0.409. The Bertz CT molecular complexity index is 931. The molecule has 1 atom stereocenters. The lowest BCUT2D eigenvalue weighted by molar-refractivity contribution is -0.122. The van der Waals surface area contributed by atoms with Crippen LogP contribution in [0.15, 0.2) is 42.7 Å². The molecule has 2 aliphatic heterocycles. The lowest BCUT2D eigenvalue weighted by Gasteiger charge is -2.47. The molecule has 2 fully saturated rings. The van der Waals surface area contributed by atoms with Gasteiger partial charge in [0.2, 0.25) is 5.91 Å². The maximum Gasteiger partial charge on any atom is 0.257 e. The van der Waals surface area contributed by atoms with Crippen LogP contribution in [0.1, 0.15) is 28.8 Å². The number of hydrogen-bond donors (Lipinski definition) is 1. The van der Waals surface area contributed by atoms with E-state index in [1.807, 2.05) is 12.1 Å². The molecule has 1 spiro atoms. The molecule has 1 aromatic carbocycles. The number of aromatic nitrogens is 1. The van der Waals surface area contributed by atoms with Crippen molar-refractivity contribution in [3.8, 4) is 5.75 Å². The Balaban J connectivity index is 1.27. The largest absolute Gasteiger partial charge is 0.496 e. The molecule has 3 heterocycles. The van der Waals surface area contributed by atoms with Gasteiger partial charge in [-0.15, -0.1) is 0 Å². The number of benzene rings is 1. The average molecular weight is 430 g/mol. The first kappa shape index (κ1) is 20.6. The number of carbonyl (C=O) groups excluding carboxylic acids is 2. The zero-order chi connectivity index (χ0) is 21.1. The molecule has 30 heavy (non-hydrogen) atoms. The quantitative estimate of drug-likeness (QED) is 0.763. The molecule has 2 amide bonds. The summed E-state index contributed by atoms with van der Waals surface area (Å²) in [6.07, 6.45) is 4.60. The minimum absolute atomic E-state index is 0.00776. The van der Waals surface area contributed by atoms with Gasteiger partial charge in [0.05, 0.1) is 32.4 Å². The van der Waals surface area contributed by atoms with Gasteiger partial charge in [-0.2, -0.15) is 0 Å². The second-order valence-corrected chi connectivity index (χ2v) is 8.34. The van der Waals surface area contributed by atoms with Crippen LogP contribution in [0, 0.1) is 5.92 Å². The molecule has 0 saturated carbocycles. The SMILES string of the molecule is COc1ccc(Cl)cc1C(=O)N1CC2(CC(CC(=O)NCc3ccncc3)CO2)C1. The molecule has 1 aromatic heterocycles. The summed E-state index contributed by atoms with van der Waals surface area (Å²) in [6, 6.07) is 8.77. The molecule has 2 aromatic rings. The molecule has 2 saturated heterocycles. The number of halogens is 1. The van der Waals surface area contributed by atoms with Crippen molar-refractivity contribution in [2.24, 2.45) is 5.92 Å². The van der Waals surface area contributed by atoms with E-state index in [0.29, 0.717) is 49.0 Å². The van der Waals surface area contributed by atoms with Crippen LogP contribution >= 0.6 is 11.6 Å². The number of pyridine rings is 1. The number of likely N-dealkylation sites (tertiary alicyclic amines) is 1. The van der Waals surface area contributed by atoms with Gasteiger partial charge in [-0.25, -0.2) is 0 Å².